The molecular formula is C17H34N4O5. The van der Waals surface area contributed by atoms with Crippen molar-refractivity contribution >= 4 is 18.4 Å². The van der Waals surface area contributed by atoms with Crippen LogP contribution in [0.25, 0.3) is 0 Å². The van der Waals surface area contributed by atoms with Gasteiger partial charge in [-0.3, -0.25) is 20.2 Å². The number of nitrogens with zero attached hydrogens (tertiary/aromatic N) is 2. The molecule has 1 unspecified atom stereocenters. The van der Waals surface area contributed by atoms with Gasteiger partial charge in [0.1, 0.15) is 5.60 Å². The third kappa shape index (κ3) is 10.9. The molecule has 0 rings (SSSR count). The minimum atomic E-state index is -0.706. The van der Waals surface area contributed by atoms with Gasteiger partial charge in [-0.15, -0.1) is 0 Å². The number of carbonyl (C=O) groups excluding carboxylic acids is 3. The number of rotatable bonds is 11. The van der Waals surface area contributed by atoms with E-state index in [1.807, 2.05) is 6.92 Å². The van der Waals surface area contributed by atoms with Crippen LogP contribution in [0.5, 0.6) is 0 Å². The number of nitrogens with one attached hydrogen (secondary N) is 1. The SMILES string of the molecule is CCCCCC(CN(O)C=O)C(=O)NN(CCCN)C(=O)OC(C)(C)C. The molecule has 0 bridgehead atoms. The monoisotopic (exact) mass is 374 g/mol. The number of nitrogens with two attached hydrogens (primary N) is 1. The Kier molecular flexibility index (Phi) is 11.6. The van der Waals surface area contributed by atoms with E-state index in [0.29, 0.717) is 24.4 Å². The van der Waals surface area contributed by atoms with Crippen LogP contribution in [0.3, 0.4) is 0 Å². The molecule has 0 aliphatic rings. The highest BCUT2D eigenvalue weighted by Crippen LogP contribution is 2.13. The minimum Gasteiger partial charge on any atom is -0.442 e. The topological polar surface area (TPSA) is 125 Å². The number of carbonyl (C=O) groups is 3. The van der Waals surface area contributed by atoms with Gasteiger partial charge in [-0.05, 0) is 40.2 Å². The third-order valence-corrected chi connectivity index (χ3v) is 3.50. The molecule has 0 fully saturated rings. The fraction of sp³-hybridized carbons (Fsp3) is 0.824. The first-order valence-corrected chi connectivity index (χ1v) is 9.06. The number of amides is 3. The van der Waals surface area contributed by atoms with Crippen LogP contribution in [-0.2, 0) is 14.3 Å². The van der Waals surface area contributed by atoms with Crippen molar-refractivity contribution in [1.29, 1.82) is 0 Å². The summed E-state index contributed by atoms with van der Waals surface area (Å²) >= 11 is 0. The van der Waals surface area contributed by atoms with E-state index in [-0.39, 0.29) is 19.5 Å². The molecule has 26 heavy (non-hydrogen) atoms. The van der Waals surface area contributed by atoms with Gasteiger partial charge in [-0.1, -0.05) is 26.2 Å². The minimum absolute atomic E-state index is 0.141. The molecule has 0 saturated carbocycles. The quantitative estimate of drug-likeness (QED) is 0.218. The van der Waals surface area contributed by atoms with Gasteiger partial charge in [0, 0.05) is 6.54 Å². The first kappa shape index (κ1) is 24.1. The molecule has 0 aromatic rings. The van der Waals surface area contributed by atoms with Crippen LogP contribution >= 0.6 is 0 Å². The third-order valence-electron chi connectivity index (χ3n) is 3.50. The summed E-state index contributed by atoms with van der Waals surface area (Å²) < 4.78 is 5.29. The molecule has 152 valence electrons. The molecule has 0 saturated heterocycles. The summed E-state index contributed by atoms with van der Waals surface area (Å²) in [6, 6.07) is 0. The highest BCUT2D eigenvalue weighted by atomic mass is 16.6. The lowest BCUT2D eigenvalue weighted by atomic mass is 10.0. The van der Waals surface area contributed by atoms with Gasteiger partial charge in [0.15, 0.2) is 0 Å². The van der Waals surface area contributed by atoms with E-state index < -0.39 is 23.5 Å². The first-order chi connectivity index (χ1) is 12.1. The predicted octanol–water partition coefficient (Wildman–Crippen LogP) is 1.65. The Balaban J connectivity index is 5.03. The number of hydrogen-bond donors (Lipinski definition) is 3. The van der Waals surface area contributed by atoms with Crippen LogP contribution in [0, 0.1) is 5.92 Å². The molecule has 4 N–H and O–H groups in total. The fourth-order valence-electron chi connectivity index (χ4n) is 2.20. The van der Waals surface area contributed by atoms with E-state index in [1.54, 1.807) is 20.8 Å². The second kappa shape index (κ2) is 12.5. The highest BCUT2D eigenvalue weighted by Gasteiger charge is 2.27. The van der Waals surface area contributed by atoms with E-state index in [0.717, 1.165) is 24.3 Å². The number of hydrazine groups is 1. The van der Waals surface area contributed by atoms with Crippen LogP contribution in [0.4, 0.5) is 4.79 Å². The van der Waals surface area contributed by atoms with Gasteiger partial charge in [0.05, 0.1) is 12.5 Å². The molecule has 9 nitrogen and oxygen atoms in total. The van der Waals surface area contributed by atoms with Gasteiger partial charge in [0.25, 0.3) is 0 Å². The van der Waals surface area contributed by atoms with Crippen molar-refractivity contribution in [1.82, 2.24) is 15.5 Å². The maximum atomic E-state index is 12.6. The second-order valence-electron chi connectivity index (χ2n) is 7.17. The zero-order valence-corrected chi connectivity index (χ0v) is 16.4. The maximum absolute atomic E-state index is 12.6. The van der Waals surface area contributed by atoms with Crippen LogP contribution in [0.15, 0.2) is 0 Å². The van der Waals surface area contributed by atoms with Crippen LogP contribution in [0.1, 0.15) is 59.8 Å². The van der Waals surface area contributed by atoms with Crippen LogP contribution in [0.2, 0.25) is 0 Å². The van der Waals surface area contributed by atoms with Crippen LogP contribution < -0.4 is 11.2 Å². The Bertz CT molecular complexity index is 439. The molecule has 1 atom stereocenters. The summed E-state index contributed by atoms with van der Waals surface area (Å²) in [4.78, 5) is 35.5. The Morgan fingerprint density at radius 1 is 1.27 bits per heavy atom. The maximum Gasteiger partial charge on any atom is 0.429 e. The lowest BCUT2D eigenvalue weighted by molar-refractivity contribution is -0.155. The fourth-order valence-corrected chi connectivity index (χ4v) is 2.20. The average molecular weight is 374 g/mol. The average Bonchev–Trinajstić information content (AvgIpc) is 2.55. The molecule has 0 heterocycles. The standard InChI is InChI=1S/C17H34N4O5/c1-5-6-7-9-14(12-20(25)13-22)15(23)19-21(11-8-10-18)16(24)26-17(2,3)4/h13-14,25H,5-12,18H2,1-4H3,(H,19,23). The number of unbranched alkanes of at least 4 members (excludes halogenated alkanes) is 2. The summed E-state index contributed by atoms with van der Waals surface area (Å²) in [5.74, 6) is -1.09. The van der Waals surface area contributed by atoms with Crippen molar-refractivity contribution in [2.24, 2.45) is 11.7 Å². The number of ether oxygens (including phenoxy) is 1. The number of hydrogen-bond acceptors (Lipinski definition) is 6. The molecule has 0 aliphatic heterocycles. The molecule has 3 amide bonds. The summed E-state index contributed by atoms with van der Waals surface area (Å²) in [7, 11) is 0. The largest absolute Gasteiger partial charge is 0.442 e. The second-order valence-corrected chi connectivity index (χ2v) is 7.17. The normalized spacial score (nSPS) is 12.2. The van der Waals surface area contributed by atoms with Crippen molar-refractivity contribution in [3.05, 3.63) is 0 Å². The van der Waals surface area contributed by atoms with E-state index in [2.05, 4.69) is 5.43 Å². The Morgan fingerprint density at radius 2 is 1.92 bits per heavy atom. The molecule has 0 aromatic heterocycles. The van der Waals surface area contributed by atoms with Crippen LogP contribution in [-0.4, -0.2) is 58.9 Å². The van der Waals surface area contributed by atoms with E-state index in [4.69, 9.17) is 10.5 Å². The van der Waals surface area contributed by atoms with Gasteiger partial charge in [-0.25, -0.2) is 14.9 Å². The predicted molar refractivity (Wildman–Crippen MR) is 96.9 cm³/mol. The highest BCUT2D eigenvalue weighted by molar-refractivity contribution is 5.81. The van der Waals surface area contributed by atoms with Gasteiger partial charge in [0.2, 0.25) is 12.3 Å². The van der Waals surface area contributed by atoms with Crippen molar-refractivity contribution in [3.8, 4) is 0 Å². The van der Waals surface area contributed by atoms with Gasteiger partial charge >= 0.3 is 6.09 Å². The van der Waals surface area contributed by atoms with Gasteiger partial charge in [-0.2, -0.15) is 0 Å². The smallest absolute Gasteiger partial charge is 0.429 e. The molecule has 0 radical (unpaired) electrons. The van der Waals surface area contributed by atoms with E-state index in [9.17, 15) is 19.6 Å². The Morgan fingerprint density at radius 3 is 2.42 bits per heavy atom. The van der Waals surface area contributed by atoms with E-state index >= 15 is 0 Å². The zero-order valence-electron chi connectivity index (χ0n) is 16.4. The molecular weight excluding hydrogens is 340 g/mol. The molecule has 0 aromatic carbocycles. The zero-order chi connectivity index (χ0) is 20.2. The lowest BCUT2D eigenvalue weighted by Crippen LogP contribution is -2.51. The van der Waals surface area contributed by atoms with Gasteiger partial charge < -0.3 is 10.5 Å². The Labute approximate surface area is 155 Å². The summed E-state index contributed by atoms with van der Waals surface area (Å²) in [5, 5.41) is 11.0. The summed E-state index contributed by atoms with van der Waals surface area (Å²) in [5.41, 5.74) is 7.33. The van der Waals surface area contributed by atoms with Crippen molar-refractivity contribution in [2.45, 2.75) is 65.4 Å². The number of hydroxylamine groups is 2. The first-order valence-electron chi connectivity index (χ1n) is 9.06. The Hall–Kier alpha value is -1.87. The molecule has 0 aliphatic carbocycles. The van der Waals surface area contributed by atoms with Crippen molar-refractivity contribution < 1.29 is 24.3 Å². The van der Waals surface area contributed by atoms with Crippen molar-refractivity contribution in [2.75, 3.05) is 19.6 Å². The van der Waals surface area contributed by atoms with E-state index in [1.165, 1.54) is 0 Å². The summed E-state index contributed by atoms with van der Waals surface area (Å²) in [6.07, 6.45) is 3.23. The molecule has 9 heteroatoms. The lowest BCUT2D eigenvalue weighted by Gasteiger charge is -2.29. The van der Waals surface area contributed by atoms with Crippen molar-refractivity contribution in [3.63, 3.8) is 0 Å². The summed E-state index contributed by atoms with van der Waals surface area (Å²) in [6.45, 7) is 7.65. The molecule has 0 spiro atoms.